The number of amides is 1. The molecule has 0 bridgehead atoms. The molecule has 0 radical (unpaired) electrons. The van der Waals surface area contributed by atoms with Gasteiger partial charge in [0.2, 0.25) is 0 Å². The monoisotopic (exact) mass is 360 g/mol. The van der Waals surface area contributed by atoms with Crippen molar-refractivity contribution in [3.05, 3.63) is 71.2 Å². The molecule has 25 heavy (non-hydrogen) atoms. The molecule has 0 atom stereocenters. The van der Waals surface area contributed by atoms with Gasteiger partial charge in [-0.3, -0.25) is 9.69 Å². The molecule has 0 saturated heterocycles. The third-order valence-corrected chi connectivity index (χ3v) is 4.27. The summed E-state index contributed by atoms with van der Waals surface area (Å²) in [4.78, 5) is 18.9. The molecule has 0 aliphatic heterocycles. The highest BCUT2D eigenvalue weighted by molar-refractivity contribution is 7.14. The minimum Gasteiger partial charge on any atom is -0.435 e. The van der Waals surface area contributed by atoms with Gasteiger partial charge in [0.25, 0.3) is 5.91 Å². The van der Waals surface area contributed by atoms with Gasteiger partial charge in [0.1, 0.15) is 5.75 Å². The van der Waals surface area contributed by atoms with Crippen LogP contribution in [0, 0.1) is 6.92 Å². The maximum Gasteiger partial charge on any atom is 0.387 e. The standard InChI is InChI=1S/C18H14F2N2O2S/c1-12-11-25-18(21-12)22(14-7-3-2-4-8-14)16(23)13-6-5-9-15(10-13)24-17(19)20/h2-11,17H,1H3. The second-order valence-electron chi connectivity index (χ2n) is 5.15. The molecule has 0 aliphatic carbocycles. The van der Waals surface area contributed by atoms with Gasteiger partial charge in [0, 0.05) is 10.9 Å². The summed E-state index contributed by atoms with van der Waals surface area (Å²) in [6.07, 6.45) is 0. The summed E-state index contributed by atoms with van der Waals surface area (Å²) >= 11 is 1.33. The van der Waals surface area contributed by atoms with Crippen LogP contribution in [0.2, 0.25) is 0 Å². The molecular weight excluding hydrogens is 346 g/mol. The predicted octanol–water partition coefficient (Wildman–Crippen LogP) is 5.03. The fraction of sp³-hybridized carbons (Fsp3) is 0.111. The van der Waals surface area contributed by atoms with E-state index >= 15 is 0 Å². The highest BCUT2D eigenvalue weighted by Crippen LogP contribution is 2.30. The van der Waals surface area contributed by atoms with E-state index in [1.807, 2.05) is 30.5 Å². The highest BCUT2D eigenvalue weighted by atomic mass is 32.1. The minimum atomic E-state index is -2.95. The van der Waals surface area contributed by atoms with Gasteiger partial charge in [0.05, 0.1) is 11.4 Å². The number of aryl methyl sites for hydroxylation is 1. The van der Waals surface area contributed by atoms with Gasteiger partial charge in [-0.15, -0.1) is 11.3 Å². The molecule has 4 nitrogen and oxygen atoms in total. The average Bonchev–Trinajstić information content (AvgIpc) is 3.01. The normalized spacial score (nSPS) is 10.7. The zero-order valence-corrected chi connectivity index (χ0v) is 14.0. The second kappa shape index (κ2) is 7.40. The number of carbonyl (C=O) groups is 1. The fourth-order valence-corrected chi connectivity index (χ4v) is 3.09. The Morgan fingerprint density at radius 2 is 1.92 bits per heavy atom. The van der Waals surface area contributed by atoms with Crippen LogP contribution in [0.1, 0.15) is 16.1 Å². The second-order valence-corrected chi connectivity index (χ2v) is 5.99. The Morgan fingerprint density at radius 3 is 2.56 bits per heavy atom. The summed E-state index contributed by atoms with van der Waals surface area (Å²) in [6, 6.07) is 14.8. The summed E-state index contributed by atoms with van der Waals surface area (Å²) in [5.74, 6) is -0.440. The van der Waals surface area contributed by atoms with E-state index in [4.69, 9.17) is 0 Å². The molecule has 1 heterocycles. The first-order valence-electron chi connectivity index (χ1n) is 7.41. The van der Waals surface area contributed by atoms with Crippen molar-refractivity contribution < 1.29 is 18.3 Å². The van der Waals surface area contributed by atoms with Gasteiger partial charge in [-0.25, -0.2) is 4.98 Å². The van der Waals surface area contributed by atoms with E-state index < -0.39 is 6.61 Å². The summed E-state index contributed by atoms with van der Waals surface area (Å²) in [7, 11) is 0. The number of hydrogen-bond acceptors (Lipinski definition) is 4. The van der Waals surface area contributed by atoms with E-state index in [2.05, 4.69) is 9.72 Å². The number of carbonyl (C=O) groups excluding carboxylic acids is 1. The third kappa shape index (κ3) is 4.00. The van der Waals surface area contributed by atoms with Gasteiger partial charge in [-0.05, 0) is 37.3 Å². The smallest absolute Gasteiger partial charge is 0.387 e. The van der Waals surface area contributed by atoms with E-state index in [9.17, 15) is 13.6 Å². The summed E-state index contributed by atoms with van der Waals surface area (Å²) < 4.78 is 29.2. The van der Waals surface area contributed by atoms with Gasteiger partial charge in [-0.2, -0.15) is 8.78 Å². The van der Waals surface area contributed by atoms with Crippen molar-refractivity contribution in [2.45, 2.75) is 13.5 Å². The average molecular weight is 360 g/mol. The molecule has 0 saturated carbocycles. The minimum absolute atomic E-state index is 0.0656. The molecule has 1 aromatic heterocycles. The van der Waals surface area contributed by atoms with Crippen LogP contribution in [-0.4, -0.2) is 17.5 Å². The van der Waals surface area contributed by atoms with E-state index in [1.165, 1.54) is 34.4 Å². The number of nitrogens with zero attached hydrogens (tertiary/aromatic N) is 2. The quantitative estimate of drug-likeness (QED) is 0.641. The van der Waals surface area contributed by atoms with Crippen molar-refractivity contribution in [1.29, 1.82) is 0 Å². The van der Waals surface area contributed by atoms with Crippen LogP contribution in [0.3, 0.4) is 0 Å². The van der Waals surface area contributed by atoms with E-state index in [1.54, 1.807) is 18.2 Å². The maximum atomic E-state index is 13.0. The zero-order valence-electron chi connectivity index (χ0n) is 13.2. The number of ether oxygens (including phenoxy) is 1. The number of halogens is 2. The van der Waals surface area contributed by atoms with Crippen molar-refractivity contribution in [2.75, 3.05) is 4.90 Å². The SMILES string of the molecule is Cc1csc(N(C(=O)c2cccc(OC(F)F)c2)c2ccccc2)n1. The zero-order chi connectivity index (χ0) is 17.8. The molecule has 2 aromatic carbocycles. The number of hydrogen-bond donors (Lipinski definition) is 0. The van der Waals surface area contributed by atoms with Crippen LogP contribution in [0.4, 0.5) is 19.6 Å². The highest BCUT2D eigenvalue weighted by Gasteiger charge is 2.23. The molecular formula is C18H14F2N2O2S. The number of alkyl halides is 2. The van der Waals surface area contributed by atoms with Crippen molar-refractivity contribution >= 4 is 28.1 Å². The Bertz CT molecular complexity index is 868. The number of benzene rings is 2. The lowest BCUT2D eigenvalue weighted by Crippen LogP contribution is -2.26. The summed E-state index contributed by atoms with van der Waals surface area (Å²) in [6.45, 7) is -1.11. The van der Waals surface area contributed by atoms with Gasteiger partial charge in [-0.1, -0.05) is 24.3 Å². The van der Waals surface area contributed by atoms with E-state index in [-0.39, 0.29) is 17.2 Å². The van der Waals surface area contributed by atoms with Gasteiger partial charge < -0.3 is 4.74 Å². The van der Waals surface area contributed by atoms with Crippen molar-refractivity contribution in [1.82, 2.24) is 4.98 Å². The number of para-hydroxylation sites is 1. The lowest BCUT2D eigenvalue weighted by molar-refractivity contribution is -0.0498. The van der Waals surface area contributed by atoms with E-state index in [0.29, 0.717) is 10.8 Å². The molecule has 0 fully saturated rings. The third-order valence-electron chi connectivity index (χ3n) is 3.32. The molecule has 128 valence electrons. The number of rotatable bonds is 5. The van der Waals surface area contributed by atoms with Crippen molar-refractivity contribution in [3.8, 4) is 5.75 Å². The van der Waals surface area contributed by atoms with Crippen LogP contribution in [0.5, 0.6) is 5.75 Å². The van der Waals surface area contributed by atoms with Crippen molar-refractivity contribution in [3.63, 3.8) is 0 Å². The summed E-state index contributed by atoms with van der Waals surface area (Å²) in [5.41, 5.74) is 1.67. The molecule has 0 spiro atoms. The molecule has 0 N–H and O–H groups in total. The van der Waals surface area contributed by atoms with Gasteiger partial charge in [0.15, 0.2) is 5.13 Å². The molecule has 3 rings (SSSR count). The van der Waals surface area contributed by atoms with Gasteiger partial charge >= 0.3 is 6.61 Å². The Morgan fingerprint density at radius 1 is 1.16 bits per heavy atom. The Kier molecular flexibility index (Phi) is 5.04. The number of aromatic nitrogens is 1. The van der Waals surface area contributed by atoms with Crippen LogP contribution in [0.15, 0.2) is 60.0 Å². The largest absolute Gasteiger partial charge is 0.435 e. The molecule has 0 aliphatic rings. The maximum absolute atomic E-state index is 13.0. The summed E-state index contributed by atoms with van der Waals surface area (Å²) in [5, 5.41) is 2.35. The first-order chi connectivity index (χ1) is 12.0. The molecule has 1 amide bonds. The fourth-order valence-electron chi connectivity index (χ4n) is 2.27. The number of anilines is 2. The van der Waals surface area contributed by atoms with Crippen LogP contribution >= 0.6 is 11.3 Å². The van der Waals surface area contributed by atoms with Crippen molar-refractivity contribution in [2.24, 2.45) is 0 Å². The lowest BCUT2D eigenvalue weighted by atomic mass is 10.1. The molecule has 0 unspecified atom stereocenters. The Labute approximate surface area is 147 Å². The Hall–Kier alpha value is -2.80. The first-order valence-corrected chi connectivity index (χ1v) is 8.29. The number of thiazole rings is 1. The van der Waals surface area contributed by atoms with Crippen LogP contribution < -0.4 is 9.64 Å². The topological polar surface area (TPSA) is 42.4 Å². The molecule has 7 heteroatoms. The van der Waals surface area contributed by atoms with E-state index in [0.717, 1.165) is 5.69 Å². The van der Waals surface area contributed by atoms with Crippen LogP contribution in [0.25, 0.3) is 0 Å². The van der Waals surface area contributed by atoms with Crippen LogP contribution in [-0.2, 0) is 0 Å². The first kappa shape index (κ1) is 17.0. The molecule has 3 aromatic rings. The Balaban J connectivity index is 2.00. The predicted molar refractivity (Wildman–Crippen MR) is 92.8 cm³/mol. The lowest BCUT2D eigenvalue weighted by Gasteiger charge is -2.20.